The van der Waals surface area contributed by atoms with Crippen LogP contribution in [0.4, 0.5) is 5.13 Å². The fraction of sp³-hybridized carbons (Fsp3) is 0.238. The number of carbonyl (C=O) groups excluding carboxylic acids is 1. The average Bonchev–Trinajstić information content (AvgIpc) is 3.37. The molecule has 156 valence electrons. The number of rotatable bonds is 6. The number of aromatic nitrogens is 1. The van der Waals surface area contributed by atoms with Crippen molar-refractivity contribution in [3.8, 4) is 5.75 Å². The number of thiazole rings is 1. The van der Waals surface area contributed by atoms with Gasteiger partial charge in [0.15, 0.2) is 11.7 Å². The Hall–Kier alpha value is -2.91. The van der Waals surface area contributed by atoms with Crippen molar-refractivity contribution >= 4 is 32.4 Å². The number of carbonyl (C=O) groups is 1. The predicted molar refractivity (Wildman–Crippen MR) is 115 cm³/mol. The summed E-state index contributed by atoms with van der Waals surface area (Å²) < 4.78 is 33.3. The van der Waals surface area contributed by atoms with E-state index in [4.69, 9.17) is 4.74 Å². The fourth-order valence-corrected chi connectivity index (χ4v) is 5.04. The van der Waals surface area contributed by atoms with E-state index in [9.17, 15) is 13.2 Å². The van der Waals surface area contributed by atoms with E-state index in [0.29, 0.717) is 24.0 Å². The first-order chi connectivity index (χ1) is 14.3. The number of fused-ring (bicyclic) bond motifs is 1. The lowest BCUT2D eigenvalue weighted by molar-refractivity contribution is -0.134. The number of sulfonamides is 1. The van der Waals surface area contributed by atoms with Gasteiger partial charge in [-0.1, -0.05) is 12.1 Å². The van der Waals surface area contributed by atoms with Gasteiger partial charge in [-0.25, -0.2) is 13.4 Å². The lowest BCUT2D eigenvalue weighted by Crippen LogP contribution is -2.30. The number of anilines is 1. The second-order valence-electron chi connectivity index (χ2n) is 7.16. The van der Waals surface area contributed by atoms with Crippen molar-refractivity contribution in [1.29, 1.82) is 0 Å². The molecule has 0 fully saturated rings. The third kappa shape index (κ3) is 4.31. The van der Waals surface area contributed by atoms with Crippen LogP contribution in [0.1, 0.15) is 22.3 Å². The normalized spacial score (nSPS) is 13.2. The Balaban J connectivity index is 1.41. The van der Waals surface area contributed by atoms with Crippen LogP contribution in [0, 0.1) is 13.8 Å². The second-order valence-corrected chi connectivity index (χ2v) is 9.73. The van der Waals surface area contributed by atoms with Crippen LogP contribution < -0.4 is 9.46 Å². The Morgan fingerprint density at radius 2 is 1.93 bits per heavy atom. The van der Waals surface area contributed by atoms with Crippen molar-refractivity contribution in [1.82, 2.24) is 9.88 Å². The molecule has 1 aromatic heterocycles. The van der Waals surface area contributed by atoms with Crippen molar-refractivity contribution < 1.29 is 17.9 Å². The Bertz CT molecular complexity index is 1190. The van der Waals surface area contributed by atoms with Crippen LogP contribution in [-0.2, 0) is 27.9 Å². The molecule has 0 atom stereocenters. The van der Waals surface area contributed by atoms with Crippen molar-refractivity contribution in [2.75, 3.05) is 11.3 Å². The highest BCUT2D eigenvalue weighted by Crippen LogP contribution is 2.27. The molecular formula is C21H21N3O4S2. The first kappa shape index (κ1) is 20.4. The SMILES string of the molecule is Cc1ccc(OCC(=O)N2Cc3ccc(S(=O)(=O)Nc4nccs4)cc3C2)cc1C. The van der Waals surface area contributed by atoms with Gasteiger partial charge in [-0.2, -0.15) is 0 Å². The molecule has 0 saturated carbocycles. The summed E-state index contributed by atoms with van der Waals surface area (Å²) in [6.45, 7) is 4.74. The molecule has 3 aromatic rings. The fourth-order valence-electron chi connectivity index (χ4n) is 3.20. The van der Waals surface area contributed by atoms with Crippen molar-refractivity contribution in [2.24, 2.45) is 0 Å². The summed E-state index contributed by atoms with van der Waals surface area (Å²) in [6.07, 6.45) is 1.54. The zero-order valence-corrected chi connectivity index (χ0v) is 18.2. The van der Waals surface area contributed by atoms with Crippen LogP contribution in [0.15, 0.2) is 52.9 Å². The molecule has 0 saturated heterocycles. The average molecular weight is 444 g/mol. The van der Waals surface area contributed by atoms with Gasteiger partial charge < -0.3 is 9.64 Å². The van der Waals surface area contributed by atoms with E-state index in [1.807, 2.05) is 32.0 Å². The summed E-state index contributed by atoms with van der Waals surface area (Å²) in [5.74, 6) is 0.513. The number of hydrogen-bond donors (Lipinski definition) is 1. The van der Waals surface area contributed by atoms with Gasteiger partial charge in [0, 0.05) is 24.7 Å². The lowest BCUT2D eigenvalue weighted by atomic mass is 10.1. The highest BCUT2D eigenvalue weighted by Gasteiger charge is 2.26. The van der Waals surface area contributed by atoms with Gasteiger partial charge in [-0.3, -0.25) is 9.52 Å². The predicted octanol–water partition coefficient (Wildman–Crippen LogP) is 3.48. The molecule has 0 radical (unpaired) electrons. The van der Waals surface area contributed by atoms with E-state index in [-0.39, 0.29) is 17.4 Å². The summed E-state index contributed by atoms with van der Waals surface area (Å²) in [4.78, 5) is 18.4. The van der Waals surface area contributed by atoms with Crippen LogP contribution in [0.2, 0.25) is 0 Å². The van der Waals surface area contributed by atoms with Crippen LogP contribution >= 0.6 is 11.3 Å². The zero-order chi connectivity index (χ0) is 21.3. The summed E-state index contributed by atoms with van der Waals surface area (Å²) in [5, 5.41) is 2.01. The Labute approximate surface area is 179 Å². The summed E-state index contributed by atoms with van der Waals surface area (Å²) >= 11 is 1.21. The number of nitrogens with one attached hydrogen (secondary N) is 1. The summed E-state index contributed by atoms with van der Waals surface area (Å²) in [5.41, 5.74) is 4.02. The highest BCUT2D eigenvalue weighted by atomic mass is 32.2. The molecule has 7 nitrogen and oxygen atoms in total. The smallest absolute Gasteiger partial charge is 0.263 e. The zero-order valence-electron chi connectivity index (χ0n) is 16.6. The standard InChI is InChI=1S/C21H21N3O4S2/c1-14-3-5-18(9-15(14)2)28-13-20(25)24-11-16-4-6-19(10-17(16)12-24)30(26,27)23-21-22-7-8-29-21/h3-10H,11-13H2,1-2H3,(H,22,23). The summed E-state index contributed by atoms with van der Waals surface area (Å²) in [7, 11) is -3.73. The van der Waals surface area contributed by atoms with Gasteiger partial charge in [-0.05, 0) is 60.4 Å². The maximum Gasteiger partial charge on any atom is 0.263 e. The number of amides is 1. The minimum atomic E-state index is -3.73. The topological polar surface area (TPSA) is 88.6 Å². The molecule has 2 aromatic carbocycles. The molecule has 0 aliphatic carbocycles. The minimum Gasteiger partial charge on any atom is -0.484 e. The molecule has 1 amide bonds. The van der Waals surface area contributed by atoms with Gasteiger partial charge in [-0.15, -0.1) is 11.3 Å². The van der Waals surface area contributed by atoms with Crippen LogP contribution in [0.3, 0.4) is 0 Å². The molecule has 2 heterocycles. The Kier molecular flexibility index (Phi) is 5.48. The van der Waals surface area contributed by atoms with E-state index in [0.717, 1.165) is 16.7 Å². The largest absolute Gasteiger partial charge is 0.484 e. The molecule has 0 spiro atoms. The van der Waals surface area contributed by atoms with Crippen LogP contribution in [0.25, 0.3) is 0 Å². The maximum absolute atomic E-state index is 12.6. The van der Waals surface area contributed by atoms with Gasteiger partial charge >= 0.3 is 0 Å². The van der Waals surface area contributed by atoms with Gasteiger partial charge in [0.2, 0.25) is 0 Å². The molecule has 4 rings (SSSR count). The third-order valence-electron chi connectivity index (χ3n) is 5.06. The number of ether oxygens (including phenoxy) is 1. The molecule has 1 N–H and O–H groups in total. The Morgan fingerprint density at radius 3 is 2.67 bits per heavy atom. The van der Waals surface area contributed by atoms with Gasteiger partial charge in [0.25, 0.3) is 15.9 Å². The molecule has 0 bridgehead atoms. The maximum atomic E-state index is 12.6. The monoisotopic (exact) mass is 443 g/mol. The molecule has 1 aliphatic heterocycles. The van der Waals surface area contributed by atoms with E-state index in [1.54, 1.807) is 28.5 Å². The molecular weight excluding hydrogens is 422 g/mol. The number of aryl methyl sites for hydroxylation is 2. The summed E-state index contributed by atoms with van der Waals surface area (Å²) in [6, 6.07) is 10.6. The van der Waals surface area contributed by atoms with Crippen molar-refractivity contribution in [3.63, 3.8) is 0 Å². The number of nitrogens with zero attached hydrogens (tertiary/aromatic N) is 2. The highest BCUT2D eigenvalue weighted by molar-refractivity contribution is 7.93. The van der Waals surface area contributed by atoms with Crippen LogP contribution in [0.5, 0.6) is 5.75 Å². The van der Waals surface area contributed by atoms with Gasteiger partial charge in [0.1, 0.15) is 5.75 Å². The first-order valence-corrected chi connectivity index (χ1v) is 11.7. The van der Waals surface area contributed by atoms with E-state index >= 15 is 0 Å². The van der Waals surface area contributed by atoms with Crippen molar-refractivity contribution in [2.45, 2.75) is 31.8 Å². The second kappa shape index (κ2) is 8.08. The third-order valence-corrected chi connectivity index (χ3v) is 7.21. The van der Waals surface area contributed by atoms with Gasteiger partial charge in [0.05, 0.1) is 4.90 Å². The van der Waals surface area contributed by atoms with Crippen molar-refractivity contribution in [3.05, 3.63) is 70.2 Å². The molecule has 0 unspecified atom stereocenters. The number of hydrogen-bond acceptors (Lipinski definition) is 6. The molecule has 9 heteroatoms. The van der Waals surface area contributed by atoms with E-state index in [1.165, 1.54) is 23.1 Å². The molecule has 30 heavy (non-hydrogen) atoms. The Morgan fingerprint density at radius 1 is 1.13 bits per heavy atom. The quantitative estimate of drug-likeness (QED) is 0.630. The molecule has 1 aliphatic rings. The minimum absolute atomic E-state index is 0.0623. The number of benzene rings is 2. The lowest BCUT2D eigenvalue weighted by Gasteiger charge is -2.16. The first-order valence-electron chi connectivity index (χ1n) is 9.34. The van der Waals surface area contributed by atoms with Crippen LogP contribution in [-0.4, -0.2) is 30.8 Å². The van der Waals surface area contributed by atoms with E-state index < -0.39 is 10.0 Å². The van der Waals surface area contributed by atoms with E-state index in [2.05, 4.69) is 9.71 Å².